The summed E-state index contributed by atoms with van der Waals surface area (Å²) in [7, 11) is 0. The van der Waals surface area contributed by atoms with Gasteiger partial charge in [0.25, 0.3) is 0 Å². The summed E-state index contributed by atoms with van der Waals surface area (Å²) < 4.78 is 11.6. The van der Waals surface area contributed by atoms with Crippen LogP contribution < -0.4 is 5.32 Å². The third-order valence-corrected chi connectivity index (χ3v) is 3.34. The standard InChI is InChI=1S/C16H25NO2/c1-13(2)8-15-11-19-16(9-17-15)12-18-10-14-6-4-3-5-7-14/h3-7,13,15-17H,8-12H2,1-2H3. The first kappa shape index (κ1) is 14.5. The molecule has 19 heavy (non-hydrogen) atoms. The minimum absolute atomic E-state index is 0.187. The maximum atomic E-state index is 5.84. The fourth-order valence-electron chi connectivity index (χ4n) is 2.38. The minimum Gasteiger partial charge on any atom is -0.374 e. The average molecular weight is 263 g/mol. The molecule has 106 valence electrons. The van der Waals surface area contributed by atoms with Crippen molar-refractivity contribution >= 4 is 0 Å². The van der Waals surface area contributed by atoms with Gasteiger partial charge in [-0.25, -0.2) is 0 Å². The van der Waals surface area contributed by atoms with Crippen LogP contribution in [0.5, 0.6) is 0 Å². The Kier molecular flexibility index (Phi) is 5.83. The Morgan fingerprint density at radius 3 is 2.74 bits per heavy atom. The van der Waals surface area contributed by atoms with Gasteiger partial charge in [0, 0.05) is 12.6 Å². The molecule has 1 aromatic carbocycles. The number of ether oxygens (including phenoxy) is 2. The number of benzene rings is 1. The molecule has 0 amide bonds. The van der Waals surface area contributed by atoms with Crippen LogP contribution in [0.4, 0.5) is 0 Å². The SMILES string of the molecule is CC(C)CC1COC(COCc2ccccc2)CN1. The molecule has 2 unspecified atom stereocenters. The lowest BCUT2D eigenvalue weighted by Crippen LogP contribution is -2.48. The first-order chi connectivity index (χ1) is 9.24. The third-order valence-electron chi connectivity index (χ3n) is 3.34. The zero-order valence-corrected chi connectivity index (χ0v) is 12.0. The average Bonchev–Trinajstić information content (AvgIpc) is 2.41. The van der Waals surface area contributed by atoms with Crippen LogP contribution in [0, 0.1) is 5.92 Å². The summed E-state index contributed by atoms with van der Waals surface area (Å²) in [4.78, 5) is 0. The summed E-state index contributed by atoms with van der Waals surface area (Å²) in [5, 5.41) is 3.54. The maximum absolute atomic E-state index is 5.84. The summed E-state index contributed by atoms with van der Waals surface area (Å²) in [6.07, 6.45) is 1.37. The van der Waals surface area contributed by atoms with Crippen LogP contribution in [0.2, 0.25) is 0 Å². The Hall–Kier alpha value is -0.900. The quantitative estimate of drug-likeness (QED) is 0.856. The van der Waals surface area contributed by atoms with Crippen LogP contribution >= 0.6 is 0 Å². The number of hydrogen-bond acceptors (Lipinski definition) is 3. The molecule has 1 fully saturated rings. The molecule has 1 aliphatic heterocycles. The van der Waals surface area contributed by atoms with Gasteiger partial charge in [0.05, 0.1) is 25.9 Å². The Morgan fingerprint density at radius 1 is 1.32 bits per heavy atom. The van der Waals surface area contributed by atoms with Crippen LogP contribution in [0.25, 0.3) is 0 Å². The fraction of sp³-hybridized carbons (Fsp3) is 0.625. The largest absolute Gasteiger partial charge is 0.374 e. The van der Waals surface area contributed by atoms with E-state index in [0.29, 0.717) is 25.2 Å². The van der Waals surface area contributed by atoms with Gasteiger partial charge in [-0.3, -0.25) is 0 Å². The predicted octanol–water partition coefficient (Wildman–Crippen LogP) is 2.61. The second-order valence-corrected chi connectivity index (χ2v) is 5.69. The maximum Gasteiger partial charge on any atom is 0.0933 e. The highest BCUT2D eigenvalue weighted by atomic mass is 16.5. The van der Waals surface area contributed by atoms with E-state index in [1.807, 2.05) is 18.2 Å². The molecule has 3 heteroatoms. The highest BCUT2D eigenvalue weighted by Crippen LogP contribution is 2.11. The van der Waals surface area contributed by atoms with Crippen LogP contribution in [-0.4, -0.2) is 31.9 Å². The van der Waals surface area contributed by atoms with E-state index in [1.54, 1.807) is 0 Å². The van der Waals surface area contributed by atoms with Crippen molar-refractivity contribution in [3.8, 4) is 0 Å². The van der Waals surface area contributed by atoms with Gasteiger partial charge >= 0.3 is 0 Å². The molecule has 0 spiro atoms. The molecule has 0 saturated carbocycles. The molecule has 1 saturated heterocycles. The normalized spacial score (nSPS) is 23.7. The predicted molar refractivity (Wildman–Crippen MR) is 77.1 cm³/mol. The molecule has 0 bridgehead atoms. The molecular weight excluding hydrogens is 238 g/mol. The molecular formula is C16H25NO2. The van der Waals surface area contributed by atoms with E-state index in [4.69, 9.17) is 9.47 Å². The highest BCUT2D eigenvalue weighted by molar-refractivity contribution is 5.13. The zero-order valence-electron chi connectivity index (χ0n) is 12.0. The van der Waals surface area contributed by atoms with Gasteiger partial charge in [0.1, 0.15) is 0 Å². The number of rotatable bonds is 6. The lowest BCUT2D eigenvalue weighted by Gasteiger charge is -2.31. The second kappa shape index (κ2) is 7.63. The van der Waals surface area contributed by atoms with E-state index in [2.05, 4.69) is 31.3 Å². The second-order valence-electron chi connectivity index (χ2n) is 5.69. The van der Waals surface area contributed by atoms with Gasteiger partial charge in [-0.1, -0.05) is 44.2 Å². The van der Waals surface area contributed by atoms with Crippen molar-refractivity contribution in [2.45, 2.75) is 39.0 Å². The van der Waals surface area contributed by atoms with Crippen molar-refractivity contribution in [3.05, 3.63) is 35.9 Å². The van der Waals surface area contributed by atoms with Gasteiger partial charge in [-0.15, -0.1) is 0 Å². The summed E-state index contributed by atoms with van der Waals surface area (Å²) in [5.41, 5.74) is 1.21. The molecule has 1 N–H and O–H groups in total. The first-order valence-electron chi connectivity index (χ1n) is 7.20. The van der Waals surface area contributed by atoms with Crippen molar-refractivity contribution < 1.29 is 9.47 Å². The van der Waals surface area contributed by atoms with Crippen LogP contribution in [0.1, 0.15) is 25.8 Å². The monoisotopic (exact) mass is 263 g/mol. The Morgan fingerprint density at radius 2 is 2.11 bits per heavy atom. The van der Waals surface area contributed by atoms with Gasteiger partial charge in [-0.2, -0.15) is 0 Å². The van der Waals surface area contributed by atoms with Crippen LogP contribution in [-0.2, 0) is 16.1 Å². The van der Waals surface area contributed by atoms with Crippen molar-refractivity contribution in [2.24, 2.45) is 5.92 Å². The molecule has 0 radical (unpaired) electrons. The summed E-state index contributed by atoms with van der Waals surface area (Å²) in [6, 6.07) is 10.8. The van der Waals surface area contributed by atoms with Crippen molar-refractivity contribution in [1.29, 1.82) is 0 Å². The van der Waals surface area contributed by atoms with E-state index in [9.17, 15) is 0 Å². The molecule has 2 atom stereocenters. The topological polar surface area (TPSA) is 30.5 Å². The van der Waals surface area contributed by atoms with E-state index in [0.717, 1.165) is 13.2 Å². The lowest BCUT2D eigenvalue weighted by molar-refractivity contribution is -0.0522. The minimum atomic E-state index is 0.187. The molecule has 1 heterocycles. The van der Waals surface area contributed by atoms with Gasteiger partial charge in [-0.05, 0) is 17.9 Å². The Balaban J connectivity index is 1.61. The van der Waals surface area contributed by atoms with Gasteiger partial charge < -0.3 is 14.8 Å². The smallest absolute Gasteiger partial charge is 0.0933 e. The van der Waals surface area contributed by atoms with Crippen LogP contribution in [0.3, 0.4) is 0 Å². The zero-order chi connectivity index (χ0) is 13.5. The van der Waals surface area contributed by atoms with Crippen LogP contribution in [0.15, 0.2) is 30.3 Å². The highest BCUT2D eigenvalue weighted by Gasteiger charge is 2.21. The summed E-state index contributed by atoms with van der Waals surface area (Å²) in [5.74, 6) is 0.715. The van der Waals surface area contributed by atoms with E-state index in [1.165, 1.54) is 12.0 Å². The fourth-order valence-corrected chi connectivity index (χ4v) is 2.38. The summed E-state index contributed by atoms with van der Waals surface area (Å²) in [6.45, 7) is 7.52. The van der Waals surface area contributed by atoms with E-state index in [-0.39, 0.29) is 6.10 Å². The van der Waals surface area contributed by atoms with E-state index < -0.39 is 0 Å². The molecule has 1 aliphatic rings. The molecule has 1 aromatic rings. The third kappa shape index (κ3) is 5.31. The number of nitrogens with one attached hydrogen (secondary N) is 1. The van der Waals surface area contributed by atoms with Gasteiger partial charge in [0.15, 0.2) is 0 Å². The van der Waals surface area contributed by atoms with Crippen molar-refractivity contribution in [1.82, 2.24) is 5.32 Å². The Labute approximate surface area is 116 Å². The first-order valence-corrected chi connectivity index (χ1v) is 7.20. The molecule has 2 rings (SSSR count). The Bertz CT molecular complexity index is 345. The van der Waals surface area contributed by atoms with Crippen molar-refractivity contribution in [3.63, 3.8) is 0 Å². The number of morpholine rings is 1. The summed E-state index contributed by atoms with van der Waals surface area (Å²) >= 11 is 0. The van der Waals surface area contributed by atoms with Gasteiger partial charge in [0.2, 0.25) is 0 Å². The van der Waals surface area contributed by atoms with Crippen molar-refractivity contribution in [2.75, 3.05) is 19.8 Å². The molecule has 0 aliphatic carbocycles. The molecule has 3 nitrogen and oxygen atoms in total. The van der Waals surface area contributed by atoms with E-state index >= 15 is 0 Å². The number of hydrogen-bond donors (Lipinski definition) is 1. The lowest BCUT2D eigenvalue weighted by atomic mass is 10.0. The molecule has 0 aromatic heterocycles.